The standard InChI is InChI=1S/C51H58F3N7O8S/c1-30(2)35-7-4-5-8-36(35)37-9-6-10-42(37)60-28-50(29-60)17-19-59(20-18-50)32-11-12-38(44(21-32)69-33-22-39-40(51(52,53)54)26-56-47(39)55-25-33)48(62)58-70(66,67)34-23-43(61(64)65)46-45(24-34)68-27-41(57-46)31-13-15-49(3,63)16-14-31/h4-5,7-8,11-12,21-26,30-31,37,41-42,57,63H,6,9-10,13-20,27-29H2,1-3H3,(H,55,56)(H,58,62)/t31-,37-,41-,42-,49-/m1/s1. The van der Waals surface area contributed by atoms with Crippen LogP contribution in [0.25, 0.3) is 11.0 Å². The van der Waals surface area contributed by atoms with Gasteiger partial charge in [-0.15, -0.1) is 0 Å². The Balaban J connectivity index is 0.882. The van der Waals surface area contributed by atoms with Gasteiger partial charge in [-0.25, -0.2) is 18.1 Å². The molecule has 15 nitrogen and oxygen atoms in total. The zero-order valence-corrected chi connectivity index (χ0v) is 40.2. The molecule has 0 radical (unpaired) electrons. The van der Waals surface area contributed by atoms with Crippen LogP contribution in [-0.4, -0.2) is 89.7 Å². The number of amides is 1. The number of halogens is 3. The van der Waals surface area contributed by atoms with Crippen molar-refractivity contribution >= 4 is 44.0 Å². The molecule has 2 saturated heterocycles. The third-order valence-electron chi connectivity index (χ3n) is 15.7. The monoisotopic (exact) mass is 985 g/mol. The average Bonchev–Trinajstić information content (AvgIpc) is 3.98. The lowest BCUT2D eigenvalue weighted by Crippen LogP contribution is -2.63. The highest BCUT2D eigenvalue weighted by atomic mass is 32.2. The minimum absolute atomic E-state index is 0.0146. The fraction of sp³-hybridized carbons (Fsp3) is 0.490. The molecule has 5 heterocycles. The van der Waals surface area contributed by atoms with Gasteiger partial charge in [-0.05, 0) is 111 Å². The van der Waals surface area contributed by atoms with E-state index in [1.54, 1.807) is 19.1 Å². The van der Waals surface area contributed by atoms with Crippen LogP contribution in [0.2, 0.25) is 0 Å². The second-order valence-corrected chi connectivity index (χ2v) is 22.4. The topological polar surface area (TPSA) is 192 Å². The molecule has 19 heteroatoms. The van der Waals surface area contributed by atoms with Gasteiger partial charge in [0.1, 0.15) is 23.8 Å². The molecule has 5 aliphatic rings. The maximum absolute atomic E-state index is 14.1. The third kappa shape index (κ3) is 9.27. The van der Waals surface area contributed by atoms with Gasteiger partial charge in [-0.3, -0.25) is 19.8 Å². The van der Waals surface area contributed by atoms with E-state index in [1.165, 1.54) is 42.7 Å². The van der Waals surface area contributed by atoms with Crippen molar-refractivity contribution in [2.75, 3.05) is 43.0 Å². The average molecular weight is 986 g/mol. The first kappa shape index (κ1) is 47.7. The Morgan fingerprint density at radius 2 is 1.77 bits per heavy atom. The molecule has 0 unspecified atom stereocenters. The molecule has 10 rings (SSSR count). The van der Waals surface area contributed by atoms with Gasteiger partial charge in [0.05, 0.1) is 38.8 Å². The largest absolute Gasteiger partial charge is 0.489 e. The van der Waals surface area contributed by atoms with Crippen molar-refractivity contribution in [1.29, 1.82) is 0 Å². The van der Waals surface area contributed by atoms with Gasteiger partial charge >= 0.3 is 6.18 Å². The van der Waals surface area contributed by atoms with E-state index in [1.807, 2.05) is 4.72 Å². The Hall–Kier alpha value is -5.92. The molecule has 1 amide bonds. The smallest absolute Gasteiger partial charge is 0.418 e. The molecule has 3 aromatic carbocycles. The van der Waals surface area contributed by atoms with Crippen molar-refractivity contribution in [1.82, 2.24) is 19.6 Å². The van der Waals surface area contributed by atoms with E-state index in [9.17, 15) is 41.6 Å². The normalized spacial score (nSPS) is 24.7. The summed E-state index contributed by atoms with van der Waals surface area (Å²) in [5.41, 5.74) is 1.14. The van der Waals surface area contributed by atoms with Crippen LogP contribution in [0.15, 0.2) is 78.0 Å². The lowest BCUT2D eigenvalue weighted by Gasteiger charge is -2.57. The van der Waals surface area contributed by atoms with Gasteiger partial charge in [0, 0.05) is 67.7 Å². The molecule has 372 valence electrons. The summed E-state index contributed by atoms with van der Waals surface area (Å²) in [6.07, 6.45) is 5.18. The molecule has 4 fully saturated rings. The van der Waals surface area contributed by atoms with E-state index in [0.717, 1.165) is 50.3 Å². The number of likely N-dealkylation sites (tertiary alicyclic amines) is 1. The number of carbonyl (C=O) groups excluding carboxylic acids is 1. The molecule has 0 bridgehead atoms. The first-order chi connectivity index (χ1) is 33.3. The summed E-state index contributed by atoms with van der Waals surface area (Å²) >= 11 is 0. The summed E-state index contributed by atoms with van der Waals surface area (Å²) in [5.74, 6) is -0.472. The maximum atomic E-state index is 14.1. The van der Waals surface area contributed by atoms with Crippen molar-refractivity contribution in [2.24, 2.45) is 11.3 Å². The number of benzene rings is 3. The highest BCUT2D eigenvalue weighted by molar-refractivity contribution is 7.90. The molecule has 2 saturated carbocycles. The van der Waals surface area contributed by atoms with Crippen LogP contribution in [0.1, 0.15) is 117 Å². The number of hydrogen-bond donors (Lipinski definition) is 4. The quantitative estimate of drug-likeness (QED) is 0.0725. The van der Waals surface area contributed by atoms with Gasteiger partial charge in [0.25, 0.3) is 21.6 Å². The number of H-pyrrole nitrogens is 1. The maximum Gasteiger partial charge on any atom is 0.418 e. The van der Waals surface area contributed by atoms with Crippen LogP contribution >= 0.6 is 0 Å². The lowest BCUT2D eigenvalue weighted by atomic mass is 9.70. The van der Waals surface area contributed by atoms with Gasteiger partial charge in [0.15, 0.2) is 11.4 Å². The third-order valence-corrected chi connectivity index (χ3v) is 17.0. The Bertz CT molecular complexity index is 2940. The SMILES string of the molecule is CC(C)c1ccccc1[C@H]1CCC[C@H]1N1CC2(CCN(c3ccc(C(=O)NS(=O)(=O)c4cc5c(c([N+](=O)[O-])c4)N[C@@H]([C@H]4CC[C@](C)(O)CC4)CO5)c(Oc4cnc5[nH]cc(C(F)(F)F)c5c4)c3)CC2)C1. The number of rotatable bonds is 11. The Morgan fingerprint density at radius 3 is 2.49 bits per heavy atom. The molecule has 2 aliphatic carbocycles. The zero-order chi connectivity index (χ0) is 49.3. The second-order valence-electron chi connectivity index (χ2n) is 20.7. The molecule has 4 N–H and O–H groups in total. The number of sulfonamides is 1. The van der Waals surface area contributed by atoms with E-state index in [0.29, 0.717) is 62.3 Å². The minimum Gasteiger partial charge on any atom is -0.489 e. The summed E-state index contributed by atoms with van der Waals surface area (Å²) in [4.78, 5) is 36.7. The Morgan fingerprint density at radius 1 is 1.03 bits per heavy atom. The van der Waals surface area contributed by atoms with Gasteiger partial charge in [-0.1, -0.05) is 44.5 Å². The number of ether oxygens (including phenoxy) is 2. The van der Waals surface area contributed by atoms with Crippen molar-refractivity contribution in [3.63, 3.8) is 0 Å². The molecule has 70 heavy (non-hydrogen) atoms. The molecule has 1 spiro atoms. The van der Waals surface area contributed by atoms with Crippen LogP contribution in [0.3, 0.4) is 0 Å². The number of nitro benzene ring substituents is 1. The summed E-state index contributed by atoms with van der Waals surface area (Å²) in [5, 5.41) is 25.8. The van der Waals surface area contributed by atoms with Crippen LogP contribution in [0.4, 0.5) is 30.2 Å². The number of nitro groups is 1. The van der Waals surface area contributed by atoms with Crippen LogP contribution in [0, 0.1) is 21.4 Å². The fourth-order valence-electron chi connectivity index (χ4n) is 11.8. The molecule has 3 aliphatic heterocycles. The van der Waals surface area contributed by atoms with Crippen molar-refractivity contribution in [3.05, 3.63) is 105 Å². The number of fused-ring (bicyclic) bond motifs is 2. The number of carbonyl (C=O) groups is 1. The van der Waals surface area contributed by atoms with Gasteiger partial charge < -0.3 is 29.8 Å². The molecular weight excluding hydrogens is 928 g/mol. The number of nitrogens with one attached hydrogen (secondary N) is 3. The lowest BCUT2D eigenvalue weighted by molar-refractivity contribution is -0.384. The number of aliphatic hydroxyl groups is 1. The number of anilines is 2. The zero-order valence-electron chi connectivity index (χ0n) is 39.4. The van der Waals surface area contributed by atoms with E-state index >= 15 is 0 Å². The highest BCUT2D eigenvalue weighted by Gasteiger charge is 2.50. The van der Waals surface area contributed by atoms with Gasteiger partial charge in [-0.2, -0.15) is 13.2 Å². The molecule has 2 aromatic heterocycles. The Kier molecular flexibility index (Phi) is 12.3. The Labute approximate surface area is 404 Å². The van der Waals surface area contributed by atoms with Crippen LogP contribution in [-0.2, 0) is 16.2 Å². The predicted molar refractivity (Wildman–Crippen MR) is 257 cm³/mol. The summed E-state index contributed by atoms with van der Waals surface area (Å²) in [6.45, 7) is 9.81. The van der Waals surface area contributed by atoms with Crippen molar-refractivity contribution in [3.8, 4) is 17.2 Å². The number of piperidine rings is 1. The first-order valence-electron chi connectivity index (χ1n) is 24.2. The first-order valence-corrected chi connectivity index (χ1v) is 25.7. The van der Waals surface area contributed by atoms with E-state index in [-0.39, 0.29) is 63.5 Å². The highest BCUT2D eigenvalue weighted by Crippen LogP contribution is 2.50. The molecular formula is C51H58F3N7O8S. The number of aromatic amines is 1. The number of aromatic nitrogens is 2. The minimum atomic E-state index is -4.80. The number of hydrogen-bond acceptors (Lipinski definition) is 12. The summed E-state index contributed by atoms with van der Waals surface area (Å²) in [7, 11) is -4.80. The fourth-order valence-corrected chi connectivity index (χ4v) is 12.8. The summed E-state index contributed by atoms with van der Waals surface area (Å²) in [6, 6.07) is 16.8. The summed E-state index contributed by atoms with van der Waals surface area (Å²) < 4.78 is 84.0. The number of alkyl halides is 3. The molecule has 5 aromatic rings. The number of nitrogens with zero attached hydrogens (tertiary/aromatic N) is 4. The second kappa shape index (κ2) is 18.0. The van der Waals surface area contributed by atoms with Crippen molar-refractivity contribution in [2.45, 2.75) is 119 Å². The van der Waals surface area contributed by atoms with Gasteiger partial charge in [0.2, 0.25) is 0 Å². The van der Waals surface area contributed by atoms with Crippen LogP contribution in [0.5, 0.6) is 17.2 Å². The molecule has 3 atom stereocenters. The van der Waals surface area contributed by atoms with E-state index in [2.05, 4.69) is 63.2 Å². The van der Waals surface area contributed by atoms with Crippen LogP contribution < -0.4 is 24.4 Å². The number of pyridine rings is 1. The van der Waals surface area contributed by atoms with Crippen molar-refractivity contribution < 1.29 is 45.9 Å². The van der Waals surface area contributed by atoms with E-state index in [4.69, 9.17) is 9.47 Å². The predicted octanol–water partition coefficient (Wildman–Crippen LogP) is 9.88. The van der Waals surface area contributed by atoms with E-state index < -0.39 is 48.8 Å².